The Kier molecular flexibility index (Phi) is 2.84. The van der Waals surface area contributed by atoms with Gasteiger partial charge in [-0.25, -0.2) is 4.39 Å². The molecule has 1 N–H and O–H groups in total. The number of aromatic nitrogens is 1. The molecule has 76 valence electrons. The predicted molar refractivity (Wildman–Crippen MR) is 62.0 cm³/mol. The fraction of sp³-hybridized carbons (Fsp3) is 0. The van der Waals surface area contributed by atoms with Crippen LogP contribution in [0.3, 0.4) is 0 Å². The van der Waals surface area contributed by atoms with E-state index in [2.05, 4.69) is 4.98 Å². The Bertz CT molecular complexity index is 550. The molecule has 1 heterocycles. The lowest BCUT2D eigenvalue weighted by Gasteiger charge is -2.03. The first-order chi connectivity index (χ1) is 7.16. The first-order valence-corrected chi connectivity index (χ1v) is 5.10. The monoisotopic (exact) mass is 239 g/mol. The summed E-state index contributed by atoms with van der Waals surface area (Å²) in [6, 6.07) is 9.83. The van der Waals surface area contributed by atoms with E-state index in [9.17, 15) is 4.39 Å². The average molecular weight is 240 g/mol. The first-order valence-electron chi connectivity index (χ1n) is 4.31. The van der Waals surface area contributed by atoms with Crippen LogP contribution in [-0.2, 0) is 0 Å². The molecule has 0 amide bonds. The SMILES string of the molecule is Fc1cc(Cl)ccc1-c1cccc(=S)[nH]1. The molecule has 0 spiro atoms. The number of H-pyrrole nitrogens is 1. The topological polar surface area (TPSA) is 15.8 Å². The maximum atomic E-state index is 13.5. The van der Waals surface area contributed by atoms with Gasteiger partial charge >= 0.3 is 0 Å². The summed E-state index contributed by atoms with van der Waals surface area (Å²) < 4.78 is 14.1. The first kappa shape index (κ1) is 10.3. The Morgan fingerprint density at radius 3 is 2.67 bits per heavy atom. The molecule has 0 bridgehead atoms. The summed E-state index contributed by atoms with van der Waals surface area (Å²) in [5.74, 6) is -0.362. The zero-order valence-electron chi connectivity index (χ0n) is 7.63. The molecule has 2 rings (SSSR count). The van der Waals surface area contributed by atoms with Crippen LogP contribution in [0, 0.1) is 10.5 Å². The Hall–Kier alpha value is -1.19. The fourth-order valence-electron chi connectivity index (χ4n) is 1.31. The number of rotatable bonds is 1. The van der Waals surface area contributed by atoms with Gasteiger partial charge in [-0.15, -0.1) is 0 Å². The number of pyridine rings is 1. The minimum atomic E-state index is -0.362. The van der Waals surface area contributed by atoms with E-state index in [4.69, 9.17) is 23.8 Å². The second kappa shape index (κ2) is 4.13. The smallest absolute Gasteiger partial charge is 0.133 e. The van der Waals surface area contributed by atoms with E-state index in [0.29, 0.717) is 20.9 Å². The normalized spacial score (nSPS) is 10.3. The van der Waals surface area contributed by atoms with Crippen LogP contribution in [0.5, 0.6) is 0 Å². The Morgan fingerprint density at radius 2 is 2.00 bits per heavy atom. The summed E-state index contributed by atoms with van der Waals surface area (Å²) in [5, 5.41) is 0.380. The molecule has 1 aromatic heterocycles. The molecular weight excluding hydrogens is 233 g/mol. The van der Waals surface area contributed by atoms with E-state index in [1.807, 2.05) is 0 Å². The summed E-state index contributed by atoms with van der Waals surface area (Å²) in [7, 11) is 0. The van der Waals surface area contributed by atoms with Gasteiger partial charge < -0.3 is 4.98 Å². The van der Waals surface area contributed by atoms with E-state index < -0.39 is 0 Å². The van der Waals surface area contributed by atoms with Crippen molar-refractivity contribution in [2.24, 2.45) is 0 Å². The van der Waals surface area contributed by atoms with E-state index in [1.54, 1.807) is 30.3 Å². The van der Waals surface area contributed by atoms with Crippen LogP contribution < -0.4 is 0 Å². The van der Waals surface area contributed by atoms with Crippen LogP contribution >= 0.6 is 23.8 Å². The van der Waals surface area contributed by atoms with Crippen LogP contribution in [0.4, 0.5) is 4.39 Å². The highest BCUT2D eigenvalue weighted by atomic mass is 35.5. The van der Waals surface area contributed by atoms with Crippen molar-refractivity contribution in [1.82, 2.24) is 4.98 Å². The number of nitrogens with one attached hydrogen (secondary N) is 1. The van der Waals surface area contributed by atoms with Gasteiger partial charge in [0.15, 0.2) is 0 Å². The van der Waals surface area contributed by atoms with Gasteiger partial charge in [-0.2, -0.15) is 0 Å². The molecule has 0 radical (unpaired) electrons. The van der Waals surface area contributed by atoms with Crippen molar-refractivity contribution in [3.63, 3.8) is 0 Å². The minimum Gasteiger partial charge on any atom is -0.346 e. The summed E-state index contributed by atoms with van der Waals surface area (Å²) in [5.41, 5.74) is 1.11. The highest BCUT2D eigenvalue weighted by molar-refractivity contribution is 7.71. The number of hydrogen-bond acceptors (Lipinski definition) is 1. The molecule has 0 aliphatic carbocycles. The molecule has 0 aliphatic heterocycles. The number of benzene rings is 1. The standard InChI is InChI=1S/C11H7ClFNS/c12-7-4-5-8(9(13)6-7)10-2-1-3-11(15)14-10/h1-6H,(H,14,15). The molecule has 0 saturated carbocycles. The third-order valence-electron chi connectivity index (χ3n) is 1.99. The Balaban J connectivity index is 2.59. The van der Waals surface area contributed by atoms with Crippen LogP contribution in [0.15, 0.2) is 36.4 Å². The molecule has 0 atom stereocenters. The quantitative estimate of drug-likeness (QED) is 0.738. The van der Waals surface area contributed by atoms with Crippen molar-refractivity contribution in [2.45, 2.75) is 0 Å². The Labute approximate surface area is 96.5 Å². The van der Waals surface area contributed by atoms with E-state index >= 15 is 0 Å². The van der Waals surface area contributed by atoms with Crippen LogP contribution in [0.25, 0.3) is 11.3 Å². The fourth-order valence-corrected chi connectivity index (χ4v) is 1.66. The molecule has 15 heavy (non-hydrogen) atoms. The molecule has 0 aliphatic rings. The second-order valence-corrected chi connectivity index (χ2v) is 3.93. The van der Waals surface area contributed by atoms with Crippen molar-refractivity contribution in [3.05, 3.63) is 51.9 Å². The maximum Gasteiger partial charge on any atom is 0.133 e. The molecule has 1 aromatic carbocycles. The molecule has 0 unspecified atom stereocenters. The van der Waals surface area contributed by atoms with Gasteiger partial charge in [0.25, 0.3) is 0 Å². The van der Waals surface area contributed by atoms with Gasteiger partial charge in [0, 0.05) is 16.3 Å². The van der Waals surface area contributed by atoms with Crippen LogP contribution in [0.2, 0.25) is 5.02 Å². The van der Waals surface area contributed by atoms with E-state index in [1.165, 1.54) is 6.07 Å². The molecule has 4 heteroatoms. The van der Waals surface area contributed by atoms with E-state index in [0.717, 1.165) is 0 Å². The zero-order chi connectivity index (χ0) is 10.8. The molecule has 1 nitrogen and oxygen atoms in total. The molecule has 0 saturated heterocycles. The lowest BCUT2D eigenvalue weighted by Crippen LogP contribution is -1.87. The summed E-state index contributed by atoms with van der Waals surface area (Å²) in [6.45, 7) is 0. The van der Waals surface area contributed by atoms with Gasteiger partial charge in [-0.1, -0.05) is 29.9 Å². The van der Waals surface area contributed by atoms with Crippen molar-refractivity contribution < 1.29 is 4.39 Å². The molecule has 0 fully saturated rings. The van der Waals surface area contributed by atoms with Gasteiger partial charge in [0.2, 0.25) is 0 Å². The highest BCUT2D eigenvalue weighted by Crippen LogP contribution is 2.23. The van der Waals surface area contributed by atoms with Gasteiger partial charge in [0.05, 0.1) is 0 Å². The highest BCUT2D eigenvalue weighted by Gasteiger charge is 2.05. The summed E-state index contributed by atoms with van der Waals surface area (Å²) in [6.07, 6.45) is 0. The van der Waals surface area contributed by atoms with Crippen LogP contribution in [-0.4, -0.2) is 4.98 Å². The van der Waals surface area contributed by atoms with Crippen molar-refractivity contribution in [3.8, 4) is 11.3 Å². The Morgan fingerprint density at radius 1 is 1.20 bits per heavy atom. The zero-order valence-corrected chi connectivity index (χ0v) is 9.20. The average Bonchev–Trinajstić information content (AvgIpc) is 2.17. The lowest BCUT2D eigenvalue weighted by molar-refractivity contribution is 0.631. The number of hydrogen-bond donors (Lipinski definition) is 1. The lowest BCUT2D eigenvalue weighted by atomic mass is 10.1. The number of aromatic amines is 1. The molecule has 2 aromatic rings. The van der Waals surface area contributed by atoms with Crippen LogP contribution in [0.1, 0.15) is 0 Å². The third kappa shape index (κ3) is 2.25. The number of halogens is 2. The van der Waals surface area contributed by atoms with E-state index in [-0.39, 0.29) is 5.82 Å². The van der Waals surface area contributed by atoms with Crippen molar-refractivity contribution in [2.75, 3.05) is 0 Å². The van der Waals surface area contributed by atoms with Gasteiger partial charge in [-0.05, 0) is 30.3 Å². The predicted octanol–water partition coefficient (Wildman–Crippen LogP) is 4.20. The molecular formula is C11H7ClFNS. The largest absolute Gasteiger partial charge is 0.346 e. The summed E-state index contributed by atoms with van der Waals surface area (Å²) >= 11 is 10.6. The van der Waals surface area contributed by atoms with Crippen molar-refractivity contribution in [1.29, 1.82) is 0 Å². The summed E-state index contributed by atoms with van der Waals surface area (Å²) in [4.78, 5) is 2.92. The second-order valence-electron chi connectivity index (χ2n) is 3.05. The third-order valence-corrected chi connectivity index (χ3v) is 2.46. The van der Waals surface area contributed by atoms with Crippen molar-refractivity contribution >= 4 is 23.8 Å². The minimum absolute atomic E-state index is 0.362. The maximum absolute atomic E-state index is 13.5. The van der Waals surface area contributed by atoms with Gasteiger partial charge in [0.1, 0.15) is 10.5 Å². The van der Waals surface area contributed by atoms with Gasteiger partial charge in [-0.3, -0.25) is 0 Å².